The second kappa shape index (κ2) is 7.17. The lowest BCUT2D eigenvalue weighted by Gasteiger charge is -2.41. The number of rotatable bonds is 5. The third kappa shape index (κ3) is 3.75. The van der Waals surface area contributed by atoms with Crippen LogP contribution in [0.25, 0.3) is 0 Å². The Bertz CT molecular complexity index is 537. The van der Waals surface area contributed by atoms with Crippen molar-refractivity contribution in [3.05, 3.63) is 34.4 Å². The van der Waals surface area contributed by atoms with Gasteiger partial charge in [-0.25, -0.2) is 0 Å². The van der Waals surface area contributed by atoms with Crippen LogP contribution in [0.15, 0.2) is 24.3 Å². The molecular formula is C13H17NO9. The SMILES string of the molecule is O=[N+]([O-])c1ccc(OC2OC(C(O)CO)C(O)C(O)C2O)cc1. The summed E-state index contributed by atoms with van der Waals surface area (Å²) in [6, 6.07) is 4.89. The van der Waals surface area contributed by atoms with Crippen molar-refractivity contribution in [2.75, 3.05) is 6.61 Å². The van der Waals surface area contributed by atoms with Crippen LogP contribution in [0.5, 0.6) is 5.75 Å². The van der Waals surface area contributed by atoms with Crippen LogP contribution < -0.4 is 4.74 Å². The average Bonchev–Trinajstić information content (AvgIpc) is 2.55. The number of non-ortho nitro benzene ring substituents is 1. The van der Waals surface area contributed by atoms with E-state index in [1.807, 2.05) is 0 Å². The summed E-state index contributed by atoms with van der Waals surface area (Å²) in [7, 11) is 0. The molecule has 5 N–H and O–H groups in total. The van der Waals surface area contributed by atoms with Crippen molar-refractivity contribution in [2.45, 2.75) is 36.8 Å². The Morgan fingerprint density at radius 1 is 1.17 bits per heavy atom. The molecule has 1 saturated heterocycles. The van der Waals surface area contributed by atoms with Crippen molar-refractivity contribution in [1.82, 2.24) is 0 Å². The zero-order chi connectivity index (χ0) is 17.1. The largest absolute Gasteiger partial charge is 0.462 e. The van der Waals surface area contributed by atoms with E-state index in [4.69, 9.17) is 14.6 Å². The third-order valence-corrected chi connectivity index (χ3v) is 3.47. The minimum Gasteiger partial charge on any atom is -0.462 e. The smallest absolute Gasteiger partial charge is 0.269 e. The van der Waals surface area contributed by atoms with E-state index in [1.165, 1.54) is 24.3 Å². The van der Waals surface area contributed by atoms with Crippen LogP contribution in [-0.4, -0.2) is 73.9 Å². The maximum Gasteiger partial charge on any atom is 0.269 e. The second-order valence-electron chi connectivity index (χ2n) is 5.06. The highest BCUT2D eigenvalue weighted by molar-refractivity contribution is 5.36. The summed E-state index contributed by atoms with van der Waals surface area (Å²) >= 11 is 0. The van der Waals surface area contributed by atoms with E-state index in [2.05, 4.69) is 0 Å². The van der Waals surface area contributed by atoms with E-state index >= 15 is 0 Å². The van der Waals surface area contributed by atoms with E-state index in [9.17, 15) is 30.5 Å². The Kier molecular flexibility index (Phi) is 5.46. The molecule has 0 bridgehead atoms. The van der Waals surface area contributed by atoms with Crippen molar-refractivity contribution >= 4 is 5.69 Å². The van der Waals surface area contributed by atoms with Crippen LogP contribution in [0.1, 0.15) is 0 Å². The highest BCUT2D eigenvalue weighted by Crippen LogP contribution is 2.26. The van der Waals surface area contributed by atoms with Crippen molar-refractivity contribution in [3.8, 4) is 5.75 Å². The maximum absolute atomic E-state index is 10.6. The molecule has 2 rings (SSSR count). The quantitative estimate of drug-likeness (QED) is 0.307. The Hall–Kier alpha value is -1.82. The predicted molar refractivity (Wildman–Crippen MR) is 73.5 cm³/mol. The van der Waals surface area contributed by atoms with Gasteiger partial charge in [0.15, 0.2) is 0 Å². The molecule has 0 amide bonds. The van der Waals surface area contributed by atoms with E-state index in [-0.39, 0.29) is 11.4 Å². The van der Waals surface area contributed by atoms with Gasteiger partial charge in [0.25, 0.3) is 5.69 Å². The molecule has 6 atom stereocenters. The van der Waals surface area contributed by atoms with Crippen LogP contribution in [0.3, 0.4) is 0 Å². The van der Waals surface area contributed by atoms with E-state index in [0.717, 1.165) is 0 Å². The summed E-state index contributed by atoms with van der Waals surface area (Å²) in [5.41, 5.74) is -0.161. The molecule has 1 aromatic rings. The highest BCUT2D eigenvalue weighted by atomic mass is 16.7. The summed E-state index contributed by atoms with van der Waals surface area (Å²) in [4.78, 5) is 9.98. The fourth-order valence-corrected chi connectivity index (χ4v) is 2.17. The number of nitro benzene ring substituents is 1. The lowest BCUT2D eigenvalue weighted by molar-refractivity contribution is -0.384. The van der Waals surface area contributed by atoms with Gasteiger partial charge in [0.2, 0.25) is 6.29 Å². The van der Waals surface area contributed by atoms with Gasteiger partial charge in [-0.05, 0) is 12.1 Å². The molecule has 128 valence electrons. The number of nitro groups is 1. The van der Waals surface area contributed by atoms with Crippen molar-refractivity contribution in [2.24, 2.45) is 0 Å². The Labute approximate surface area is 130 Å². The molecule has 0 aromatic heterocycles. The van der Waals surface area contributed by atoms with E-state index in [0.29, 0.717) is 0 Å². The first-order valence-electron chi connectivity index (χ1n) is 6.75. The molecule has 1 fully saturated rings. The Morgan fingerprint density at radius 2 is 1.78 bits per heavy atom. The monoisotopic (exact) mass is 331 g/mol. The lowest BCUT2D eigenvalue weighted by atomic mass is 9.95. The van der Waals surface area contributed by atoms with Crippen LogP contribution >= 0.6 is 0 Å². The second-order valence-corrected chi connectivity index (χ2v) is 5.06. The Balaban J connectivity index is 2.12. The topological polar surface area (TPSA) is 163 Å². The molecule has 0 saturated carbocycles. The van der Waals surface area contributed by atoms with Crippen molar-refractivity contribution in [1.29, 1.82) is 0 Å². The number of hydrogen-bond acceptors (Lipinski definition) is 9. The van der Waals surface area contributed by atoms with Crippen molar-refractivity contribution in [3.63, 3.8) is 0 Å². The fraction of sp³-hybridized carbons (Fsp3) is 0.538. The molecular weight excluding hydrogens is 314 g/mol. The standard InChI is InChI=1S/C13H17NO9/c15-5-8(16)12-10(18)9(17)11(19)13(23-12)22-7-3-1-6(2-4-7)14(20)21/h1-4,8-13,15-19H,5H2. The molecule has 23 heavy (non-hydrogen) atoms. The first-order chi connectivity index (χ1) is 10.8. The Morgan fingerprint density at radius 3 is 2.30 bits per heavy atom. The van der Waals surface area contributed by atoms with Gasteiger partial charge in [-0.3, -0.25) is 10.1 Å². The minimum absolute atomic E-state index is 0.112. The van der Waals surface area contributed by atoms with Gasteiger partial charge in [-0.2, -0.15) is 0 Å². The van der Waals surface area contributed by atoms with Crippen molar-refractivity contribution < 1.29 is 39.9 Å². The lowest BCUT2D eigenvalue weighted by Crippen LogP contribution is -2.62. The number of benzene rings is 1. The zero-order valence-corrected chi connectivity index (χ0v) is 11.8. The first-order valence-corrected chi connectivity index (χ1v) is 6.75. The molecule has 6 unspecified atom stereocenters. The zero-order valence-electron chi connectivity index (χ0n) is 11.8. The van der Waals surface area contributed by atoms with Gasteiger partial charge in [0.05, 0.1) is 11.5 Å². The molecule has 1 aliphatic rings. The average molecular weight is 331 g/mol. The predicted octanol–water partition coefficient (Wildman–Crippen LogP) is -1.87. The fourth-order valence-electron chi connectivity index (χ4n) is 2.17. The van der Waals surface area contributed by atoms with E-state index < -0.39 is 48.3 Å². The number of aliphatic hydroxyl groups excluding tert-OH is 5. The molecule has 0 radical (unpaired) electrons. The third-order valence-electron chi connectivity index (χ3n) is 3.47. The van der Waals surface area contributed by atoms with E-state index in [1.54, 1.807) is 0 Å². The van der Waals surface area contributed by atoms with Gasteiger partial charge in [-0.15, -0.1) is 0 Å². The molecule has 1 heterocycles. The van der Waals surface area contributed by atoms with Gasteiger partial charge >= 0.3 is 0 Å². The molecule has 10 nitrogen and oxygen atoms in total. The molecule has 1 aromatic carbocycles. The summed E-state index contributed by atoms with van der Waals surface area (Å²) in [6.45, 7) is -0.727. The van der Waals surface area contributed by atoms with Crippen LogP contribution in [0.4, 0.5) is 5.69 Å². The number of hydrogen-bond donors (Lipinski definition) is 5. The summed E-state index contributed by atoms with van der Waals surface area (Å²) in [5, 5.41) is 58.5. The van der Waals surface area contributed by atoms with Gasteiger partial charge < -0.3 is 35.0 Å². The van der Waals surface area contributed by atoms with Crippen LogP contribution in [-0.2, 0) is 4.74 Å². The normalized spacial score (nSPS) is 32.3. The summed E-state index contributed by atoms with van der Waals surface area (Å²) in [5.74, 6) is 0.112. The first kappa shape index (κ1) is 17.5. The van der Waals surface area contributed by atoms with Crippen LogP contribution in [0.2, 0.25) is 0 Å². The minimum atomic E-state index is -1.67. The van der Waals surface area contributed by atoms with Gasteiger partial charge in [0, 0.05) is 12.1 Å². The highest BCUT2D eigenvalue weighted by Gasteiger charge is 2.47. The number of aliphatic hydroxyl groups is 5. The summed E-state index contributed by atoms with van der Waals surface area (Å²) in [6.07, 6.45) is -9.22. The molecule has 0 spiro atoms. The molecule has 10 heteroatoms. The van der Waals surface area contributed by atoms with Gasteiger partial charge in [0.1, 0.15) is 36.3 Å². The number of nitrogens with zero attached hydrogens (tertiary/aromatic N) is 1. The summed E-state index contributed by atoms with van der Waals surface area (Å²) < 4.78 is 10.5. The molecule has 1 aliphatic heterocycles. The molecule has 0 aliphatic carbocycles. The van der Waals surface area contributed by atoms with Gasteiger partial charge in [-0.1, -0.05) is 0 Å². The van der Waals surface area contributed by atoms with Crippen LogP contribution in [0, 0.1) is 10.1 Å². The maximum atomic E-state index is 10.6. The number of ether oxygens (including phenoxy) is 2.